The molecule has 0 aliphatic rings. The van der Waals surface area contributed by atoms with E-state index in [1.54, 1.807) is 42.5 Å². The maximum absolute atomic E-state index is 12.6. The SMILES string of the molecule is Cc1ccccc1OCC(=O)N/N=C/c1cc(Br)cc(Br)c1OC(=O)c1ccccc1Br. The molecule has 9 heteroatoms. The smallest absolute Gasteiger partial charge is 0.344 e. The molecular weight excluding hydrogens is 608 g/mol. The molecule has 0 atom stereocenters. The normalized spacial score (nSPS) is 10.8. The number of esters is 1. The van der Waals surface area contributed by atoms with Crippen LogP contribution in [0.15, 0.2) is 79.2 Å². The quantitative estimate of drug-likeness (QED) is 0.151. The molecular formula is C23H17Br3N2O4. The van der Waals surface area contributed by atoms with Crippen LogP contribution < -0.4 is 14.9 Å². The Kier molecular flexibility index (Phi) is 8.60. The lowest BCUT2D eigenvalue weighted by Crippen LogP contribution is -2.24. The molecule has 6 nitrogen and oxygen atoms in total. The van der Waals surface area contributed by atoms with Crippen molar-refractivity contribution in [1.29, 1.82) is 0 Å². The topological polar surface area (TPSA) is 77.0 Å². The van der Waals surface area contributed by atoms with Crippen molar-refractivity contribution in [2.45, 2.75) is 6.92 Å². The van der Waals surface area contributed by atoms with E-state index in [4.69, 9.17) is 9.47 Å². The summed E-state index contributed by atoms with van der Waals surface area (Å²) >= 11 is 10.2. The van der Waals surface area contributed by atoms with Gasteiger partial charge >= 0.3 is 5.97 Å². The third-order valence-corrected chi connectivity index (χ3v) is 5.91. The van der Waals surface area contributed by atoms with Crippen LogP contribution in [0.1, 0.15) is 21.5 Å². The van der Waals surface area contributed by atoms with Gasteiger partial charge in [0.15, 0.2) is 12.4 Å². The Balaban J connectivity index is 1.70. The molecule has 0 saturated carbocycles. The van der Waals surface area contributed by atoms with Gasteiger partial charge in [-0.3, -0.25) is 4.79 Å². The lowest BCUT2D eigenvalue weighted by Gasteiger charge is -2.11. The van der Waals surface area contributed by atoms with Gasteiger partial charge < -0.3 is 9.47 Å². The summed E-state index contributed by atoms with van der Waals surface area (Å²) in [5.41, 5.74) is 4.20. The van der Waals surface area contributed by atoms with Crippen LogP contribution in [-0.4, -0.2) is 24.7 Å². The second-order valence-electron chi connectivity index (χ2n) is 6.52. The zero-order valence-electron chi connectivity index (χ0n) is 16.8. The Bertz CT molecular complexity index is 1180. The van der Waals surface area contributed by atoms with Gasteiger partial charge in [-0.15, -0.1) is 0 Å². The number of nitrogens with one attached hydrogen (secondary N) is 1. The third-order valence-electron chi connectivity index (χ3n) is 4.17. The molecule has 3 aromatic carbocycles. The van der Waals surface area contributed by atoms with Crippen molar-refractivity contribution in [3.05, 3.63) is 90.8 Å². The highest BCUT2D eigenvalue weighted by molar-refractivity contribution is 9.11. The molecule has 1 N–H and O–H groups in total. The third kappa shape index (κ3) is 6.51. The van der Waals surface area contributed by atoms with E-state index in [0.717, 1.165) is 10.0 Å². The fraction of sp³-hybridized carbons (Fsp3) is 0.0870. The highest BCUT2D eigenvalue weighted by Crippen LogP contribution is 2.33. The van der Waals surface area contributed by atoms with Crippen molar-refractivity contribution >= 4 is 65.9 Å². The van der Waals surface area contributed by atoms with Gasteiger partial charge in [0.2, 0.25) is 0 Å². The van der Waals surface area contributed by atoms with E-state index in [9.17, 15) is 9.59 Å². The van der Waals surface area contributed by atoms with Gasteiger partial charge in [-0.05, 0) is 74.7 Å². The minimum Gasteiger partial charge on any atom is -0.483 e. The van der Waals surface area contributed by atoms with Gasteiger partial charge in [0.25, 0.3) is 5.91 Å². The molecule has 0 spiro atoms. The summed E-state index contributed by atoms with van der Waals surface area (Å²) < 4.78 is 13.0. The number of amides is 1. The fourth-order valence-corrected chi connectivity index (χ4v) is 4.41. The van der Waals surface area contributed by atoms with E-state index in [0.29, 0.717) is 25.8 Å². The first kappa shape index (κ1) is 24.2. The average molecular weight is 625 g/mol. The number of hydrogen-bond acceptors (Lipinski definition) is 5. The summed E-state index contributed by atoms with van der Waals surface area (Å²) in [6, 6.07) is 17.8. The van der Waals surface area contributed by atoms with Gasteiger partial charge in [0.05, 0.1) is 16.3 Å². The standard InChI is InChI=1S/C23H17Br3N2O4/c1-14-6-2-5-9-20(14)31-13-21(29)28-27-12-15-10-16(24)11-19(26)22(15)32-23(30)17-7-3-4-8-18(17)25/h2-12H,13H2,1H3,(H,28,29)/b27-12+. The molecule has 0 unspecified atom stereocenters. The molecule has 0 aliphatic carbocycles. The van der Waals surface area contributed by atoms with Crippen molar-refractivity contribution in [3.63, 3.8) is 0 Å². The van der Waals surface area contributed by atoms with Crippen molar-refractivity contribution in [2.75, 3.05) is 6.61 Å². The summed E-state index contributed by atoms with van der Waals surface area (Å²) in [5.74, 6) is -0.0666. The van der Waals surface area contributed by atoms with Crippen molar-refractivity contribution in [2.24, 2.45) is 5.10 Å². The number of aryl methyl sites for hydroxylation is 1. The Morgan fingerprint density at radius 2 is 1.72 bits per heavy atom. The summed E-state index contributed by atoms with van der Waals surface area (Å²) in [5, 5.41) is 3.97. The lowest BCUT2D eigenvalue weighted by atomic mass is 10.2. The number of benzene rings is 3. The summed E-state index contributed by atoms with van der Waals surface area (Å²) in [6.45, 7) is 1.71. The molecule has 0 aliphatic heterocycles. The number of carbonyl (C=O) groups excluding carboxylic acids is 2. The number of halogens is 3. The largest absolute Gasteiger partial charge is 0.483 e. The molecule has 0 saturated heterocycles. The van der Waals surface area contributed by atoms with Crippen LogP contribution in [-0.2, 0) is 4.79 Å². The second-order valence-corrected chi connectivity index (χ2v) is 9.15. The molecule has 3 rings (SSSR count). The van der Waals surface area contributed by atoms with E-state index in [1.165, 1.54) is 6.21 Å². The van der Waals surface area contributed by atoms with E-state index in [2.05, 4.69) is 58.3 Å². The number of hydrazone groups is 1. The molecule has 3 aromatic rings. The first-order valence-electron chi connectivity index (χ1n) is 9.31. The first-order valence-corrected chi connectivity index (χ1v) is 11.7. The van der Waals surface area contributed by atoms with Crippen LogP contribution in [0.4, 0.5) is 0 Å². The minimum absolute atomic E-state index is 0.186. The monoisotopic (exact) mass is 622 g/mol. The second kappa shape index (κ2) is 11.4. The van der Waals surface area contributed by atoms with E-state index >= 15 is 0 Å². The molecule has 0 heterocycles. The molecule has 1 amide bonds. The number of hydrogen-bond donors (Lipinski definition) is 1. The maximum atomic E-state index is 12.6. The summed E-state index contributed by atoms with van der Waals surface area (Å²) in [4.78, 5) is 24.7. The molecule has 164 valence electrons. The summed E-state index contributed by atoms with van der Waals surface area (Å²) in [6.07, 6.45) is 1.39. The van der Waals surface area contributed by atoms with Crippen LogP contribution in [0.5, 0.6) is 11.5 Å². The summed E-state index contributed by atoms with van der Waals surface area (Å²) in [7, 11) is 0. The first-order chi connectivity index (χ1) is 15.3. The van der Waals surface area contributed by atoms with Crippen molar-refractivity contribution in [3.8, 4) is 11.5 Å². The predicted octanol–water partition coefficient (Wildman–Crippen LogP) is 6.03. The Labute approximate surface area is 210 Å². The van der Waals surface area contributed by atoms with Gasteiger partial charge in [0.1, 0.15) is 5.75 Å². The number of ether oxygens (including phenoxy) is 2. The lowest BCUT2D eigenvalue weighted by molar-refractivity contribution is -0.123. The van der Waals surface area contributed by atoms with E-state index in [-0.39, 0.29) is 12.4 Å². The molecule has 0 fully saturated rings. The van der Waals surface area contributed by atoms with Crippen molar-refractivity contribution in [1.82, 2.24) is 5.43 Å². The van der Waals surface area contributed by atoms with Gasteiger partial charge in [0, 0.05) is 14.5 Å². The highest BCUT2D eigenvalue weighted by atomic mass is 79.9. The molecule has 0 radical (unpaired) electrons. The zero-order valence-corrected chi connectivity index (χ0v) is 21.5. The van der Waals surface area contributed by atoms with Crippen LogP contribution >= 0.6 is 47.8 Å². The highest BCUT2D eigenvalue weighted by Gasteiger charge is 2.17. The number of para-hydroxylation sites is 1. The fourth-order valence-electron chi connectivity index (χ4n) is 2.63. The minimum atomic E-state index is -0.536. The van der Waals surface area contributed by atoms with E-state index in [1.807, 2.05) is 25.1 Å². The average Bonchev–Trinajstić information content (AvgIpc) is 2.75. The Morgan fingerprint density at radius 1 is 1.00 bits per heavy atom. The van der Waals surface area contributed by atoms with Crippen LogP contribution in [0.3, 0.4) is 0 Å². The van der Waals surface area contributed by atoms with Crippen LogP contribution in [0.2, 0.25) is 0 Å². The molecule has 32 heavy (non-hydrogen) atoms. The van der Waals surface area contributed by atoms with Gasteiger partial charge in [-0.2, -0.15) is 5.10 Å². The van der Waals surface area contributed by atoms with Gasteiger partial charge in [-0.25, -0.2) is 10.2 Å². The predicted molar refractivity (Wildman–Crippen MR) is 133 cm³/mol. The van der Waals surface area contributed by atoms with Gasteiger partial charge in [-0.1, -0.05) is 46.3 Å². The molecule has 0 aromatic heterocycles. The van der Waals surface area contributed by atoms with Crippen molar-refractivity contribution < 1.29 is 19.1 Å². The van der Waals surface area contributed by atoms with E-state index < -0.39 is 11.9 Å². The van der Waals surface area contributed by atoms with Crippen LogP contribution in [0.25, 0.3) is 0 Å². The Morgan fingerprint density at radius 3 is 2.47 bits per heavy atom. The number of nitrogens with zero attached hydrogens (tertiary/aromatic N) is 1. The number of carbonyl (C=O) groups is 2. The Hall–Kier alpha value is -2.49. The maximum Gasteiger partial charge on any atom is 0.344 e. The molecule has 0 bridgehead atoms. The number of rotatable bonds is 7. The zero-order chi connectivity index (χ0) is 23.1. The van der Waals surface area contributed by atoms with Crippen LogP contribution in [0, 0.1) is 6.92 Å².